The first-order valence-corrected chi connectivity index (χ1v) is 24.7. The summed E-state index contributed by atoms with van der Waals surface area (Å²) < 4.78 is 52.8. The normalized spacial score (nSPS) is 29.6. The molecule has 4 aliphatic rings. The first-order valence-electron chi connectivity index (χ1n) is 24.7. The fraction of sp³-hybridized carbons (Fsp3) is 0.589. The minimum absolute atomic E-state index is 0. The molecule has 4 aliphatic heterocycles. The molecule has 72 heavy (non-hydrogen) atoms. The first kappa shape index (κ1) is 59.7. The van der Waals surface area contributed by atoms with Gasteiger partial charge in [-0.1, -0.05) is 107 Å². The highest BCUT2D eigenvalue weighted by molar-refractivity contribution is 5.94. The average molecular weight is 1010 g/mol. The average Bonchev–Trinajstić information content (AvgIpc) is 3.82. The summed E-state index contributed by atoms with van der Waals surface area (Å²) in [6.07, 6.45) is 0.00164. The van der Waals surface area contributed by atoms with Crippen molar-refractivity contribution in [3.63, 3.8) is 0 Å². The summed E-state index contributed by atoms with van der Waals surface area (Å²) in [7, 11) is 0. The van der Waals surface area contributed by atoms with Crippen molar-refractivity contribution in [2.75, 3.05) is 13.2 Å². The van der Waals surface area contributed by atoms with Gasteiger partial charge in [0.05, 0.1) is 56.9 Å². The lowest BCUT2D eigenvalue weighted by Gasteiger charge is -2.36. The van der Waals surface area contributed by atoms with E-state index in [0.717, 1.165) is 11.1 Å². The number of rotatable bonds is 23. The largest absolute Gasteiger partial charge is 0.466 e. The third kappa shape index (κ3) is 17.6. The molecule has 0 saturated carbocycles. The van der Waals surface area contributed by atoms with Crippen LogP contribution in [0.15, 0.2) is 98.1 Å². The Morgan fingerprint density at radius 3 is 1.68 bits per heavy atom. The fourth-order valence-corrected chi connectivity index (χ4v) is 9.37. The monoisotopic (exact) mass is 1010 g/mol. The molecule has 2 aromatic carbocycles. The van der Waals surface area contributed by atoms with Gasteiger partial charge in [0.2, 0.25) is 0 Å². The molecule has 4 heterocycles. The van der Waals surface area contributed by atoms with Gasteiger partial charge in [0.1, 0.15) is 36.6 Å². The molecule has 0 bridgehead atoms. The summed E-state index contributed by atoms with van der Waals surface area (Å²) in [5.74, 6) is -2.17. The number of carbonyl (C=O) groups is 5. The number of ether oxygens (including phenoxy) is 9. The van der Waals surface area contributed by atoms with Gasteiger partial charge in [0.25, 0.3) is 0 Å². The number of hydrogen-bond donors (Lipinski definition) is 2. The molecule has 0 amide bonds. The second-order valence-corrected chi connectivity index (χ2v) is 19.1. The zero-order valence-electron chi connectivity index (χ0n) is 41.9. The van der Waals surface area contributed by atoms with Crippen molar-refractivity contribution in [3.05, 3.63) is 109 Å². The van der Waals surface area contributed by atoms with Gasteiger partial charge in [-0.3, -0.25) is 24.0 Å². The summed E-state index contributed by atoms with van der Waals surface area (Å²) in [4.78, 5) is 60.0. The van der Waals surface area contributed by atoms with Crippen molar-refractivity contribution in [2.45, 2.75) is 180 Å². The Morgan fingerprint density at radius 2 is 1.19 bits per heavy atom. The third-order valence-corrected chi connectivity index (χ3v) is 12.9. The van der Waals surface area contributed by atoms with E-state index in [4.69, 9.17) is 42.6 Å². The van der Waals surface area contributed by atoms with E-state index in [0.29, 0.717) is 38.7 Å². The molecule has 16 atom stereocenters. The lowest BCUT2D eigenvalue weighted by atomic mass is 9.88. The van der Waals surface area contributed by atoms with Crippen molar-refractivity contribution in [3.8, 4) is 0 Å². The van der Waals surface area contributed by atoms with Crippen molar-refractivity contribution in [2.24, 2.45) is 17.8 Å². The molecule has 16 heteroatoms. The molecule has 0 spiro atoms. The lowest BCUT2D eigenvalue weighted by molar-refractivity contribution is -0.190. The maximum absolute atomic E-state index is 12.9. The summed E-state index contributed by atoms with van der Waals surface area (Å²) in [6.45, 7) is 18.2. The Morgan fingerprint density at radius 1 is 0.694 bits per heavy atom. The minimum Gasteiger partial charge on any atom is -0.466 e. The van der Waals surface area contributed by atoms with E-state index < -0.39 is 79.0 Å². The van der Waals surface area contributed by atoms with Gasteiger partial charge in [0.15, 0.2) is 23.8 Å². The molecular weight excluding hydrogens is 929 g/mol. The van der Waals surface area contributed by atoms with Crippen LogP contribution in [-0.4, -0.2) is 132 Å². The number of aliphatic hydroxyl groups excluding tert-OH is 2. The van der Waals surface area contributed by atoms with Gasteiger partial charge in [-0.15, -0.1) is 13.2 Å². The van der Waals surface area contributed by atoms with Crippen LogP contribution in [0.5, 0.6) is 0 Å². The van der Waals surface area contributed by atoms with E-state index in [9.17, 15) is 34.2 Å². The Balaban J connectivity index is 0.000000309. The SMILES string of the molecule is C.C=CC[C@@H]1C=CC(=O)[C@@H]([C@@H](C)[C@@H]2OC(C[C@@H](C)COC(C)=O)[C@H](OCc3ccccc3)[C@@H]2O)O1.C=CC[C@@H]1CCC(=O)[C@@H]([C@@H](OC(C)=O)[C@@H]2O[C@H](C[C@@H](C)COC(C)=O)[C@H](OCc3ccccc3)[C@@H]2O)O1. The van der Waals surface area contributed by atoms with E-state index >= 15 is 0 Å². The molecule has 2 N–H and O–H groups in total. The molecule has 398 valence electrons. The Kier molecular flexibility index (Phi) is 24.6. The van der Waals surface area contributed by atoms with Gasteiger partial charge in [0, 0.05) is 33.1 Å². The van der Waals surface area contributed by atoms with Gasteiger partial charge in [-0.05, 0) is 61.1 Å². The standard InChI is InChI=1S/C28H38O9.C27H36O7.CH4/c1-5-9-21-12-13-22(31)25(36-21)28(35-19(4)30)27-24(32)26(34-16-20-10-7-6-8-11-20)23(37-27)14-17(2)15-33-18(3)29;1-5-9-21-12-13-22(29)25(33-21)18(3)26-24(30)27(32-16-20-10-7-6-8-11-20)23(34-26)14-17(2)15-31-19(4)28;/h5-8,10-11,17,21,23-28,32H,1,9,12-16H2,2-4H3;5-8,10-13,17-18,21,23-27,30H,1,9,14-16H2,2-4H3;1H4/t17-,21-,23-,24+,25+,26+,27-,28-;17-,18-,21-,23?,24-,25-,26+,27+;/m11./s1. The summed E-state index contributed by atoms with van der Waals surface area (Å²) in [5.41, 5.74) is 1.90. The molecule has 0 aromatic heterocycles. The molecule has 3 saturated heterocycles. The van der Waals surface area contributed by atoms with Crippen LogP contribution < -0.4 is 0 Å². The second kappa shape index (κ2) is 29.7. The number of Topliss-reactive ketones (excluding diaryl/α,β-unsaturated/α-hetero) is 1. The highest BCUT2D eigenvalue weighted by atomic mass is 16.6. The second-order valence-electron chi connectivity index (χ2n) is 19.1. The number of hydrogen-bond acceptors (Lipinski definition) is 16. The molecule has 0 radical (unpaired) electrons. The van der Waals surface area contributed by atoms with E-state index in [1.165, 1.54) is 20.8 Å². The molecule has 1 unspecified atom stereocenters. The molecule has 0 aliphatic carbocycles. The smallest absolute Gasteiger partial charge is 0.303 e. The Bertz CT molecular complexity index is 2060. The molecule has 6 rings (SSSR count). The third-order valence-electron chi connectivity index (χ3n) is 12.9. The van der Waals surface area contributed by atoms with E-state index in [-0.39, 0.29) is 81.2 Å². The number of ketones is 2. The molecule has 3 fully saturated rings. The van der Waals surface area contributed by atoms with Crippen molar-refractivity contribution >= 4 is 29.5 Å². The maximum Gasteiger partial charge on any atom is 0.303 e. The zero-order chi connectivity index (χ0) is 51.6. The Labute approximate surface area is 425 Å². The highest BCUT2D eigenvalue weighted by Crippen LogP contribution is 2.37. The van der Waals surface area contributed by atoms with E-state index in [1.807, 2.05) is 81.4 Å². The van der Waals surface area contributed by atoms with Crippen LogP contribution >= 0.6 is 0 Å². The van der Waals surface area contributed by atoms with Gasteiger partial charge in [-0.25, -0.2) is 0 Å². The predicted octanol–water partition coefficient (Wildman–Crippen LogP) is 6.94. The molecule has 16 nitrogen and oxygen atoms in total. The van der Waals surface area contributed by atoms with E-state index in [1.54, 1.807) is 24.3 Å². The number of benzene rings is 2. The van der Waals surface area contributed by atoms with Crippen LogP contribution in [0.25, 0.3) is 0 Å². The van der Waals surface area contributed by atoms with Crippen molar-refractivity contribution in [1.29, 1.82) is 0 Å². The summed E-state index contributed by atoms with van der Waals surface area (Å²) >= 11 is 0. The topological polar surface area (TPSA) is 209 Å². The Hall–Kier alpha value is -4.91. The summed E-state index contributed by atoms with van der Waals surface area (Å²) in [5, 5.41) is 22.6. The van der Waals surface area contributed by atoms with Crippen LogP contribution in [-0.2, 0) is 79.8 Å². The van der Waals surface area contributed by atoms with Crippen molar-refractivity contribution in [1.82, 2.24) is 0 Å². The van der Waals surface area contributed by atoms with Crippen LogP contribution in [0.1, 0.15) is 98.6 Å². The fourth-order valence-electron chi connectivity index (χ4n) is 9.37. The molecule has 2 aromatic rings. The number of carbonyl (C=O) groups excluding carboxylic acids is 5. The predicted molar refractivity (Wildman–Crippen MR) is 267 cm³/mol. The van der Waals surface area contributed by atoms with Gasteiger partial charge < -0.3 is 52.8 Å². The van der Waals surface area contributed by atoms with Crippen LogP contribution in [0.2, 0.25) is 0 Å². The van der Waals surface area contributed by atoms with Crippen LogP contribution in [0, 0.1) is 17.8 Å². The number of esters is 3. The summed E-state index contributed by atoms with van der Waals surface area (Å²) in [6, 6.07) is 19.2. The number of aliphatic hydroxyl groups is 2. The van der Waals surface area contributed by atoms with Gasteiger partial charge >= 0.3 is 17.9 Å². The maximum atomic E-state index is 12.9. The first-order chi connectivity index (χ1) is 34.0. The zero-order valence-corrected chi connectivity index (χ0v) is 41.9. The van der Waals surface area contributed by atoms with Gasteiger partial charge in [-0.2, -0.15) is 0 Å². The molecular formula is C56H78O16. The highest BCUT2D eigenvalue weighted by Gasteiger charge is 2.54. The van der Waals surface area contributed by atoms with E-state index in [2.05, 4.69) is 13.2 Å². The van der Waals surface area contributed by atoms with Crippen LogP contribution in [0.4, 0.5) is 0 Å². The van der Waals surface area contributed by atoms with Crippen LogP contribution in [0.3, 0.4) is 0 Å². The lowest BCUT2D eigenvalue weighted by Crippen LogP contribution is -2.53. The van der Waals surface area contributed by atoms with Crippen molar-refractivity contribution < 1.29 is 76.8 Å². The quantitative estimate of drug-likeness (QED) is 0.0656. The minimum atomic E-state index is -1.20.